The Kier molecular flexibility index (Phi) is 3.17. The summed E-state index contributed by atoms with van der Waals surface area (Å²) in [5, 5.41) is 10.1. The average molecular weight is 247 g/mol. The SMILES string of the molecule is OC1(c2c(F)ccc(Cl)c2F)CCCCC1. The van der Waals surface area contributed by atoms with E-state index in [1.807, 2.05) is 0 Å². The molecule has 1 aliphatic carbocycles. The Hall–Kier alpha value is -0.670. The van der Waals surface area contributed by atoms with Gasteiger partial charge in [0.1, 0.15) is 5.82 Å². The first-order chi connectivity index (χ1) is 7.54. The molecule has 0 saturated heterocycles. The molecule has 0 aromatic heterocycles. The first-order valence-electron chi connectivity index (χ1n) is 5.41. The first-order valence-corrected chi connectivity index (χ1v) is 5.79. The Labute approximate surface area is 98.0 Å². The molecule has 1 nitrogen and oxygen atoms in total. The van der Waals surface area contributed by atoms with Crippen LogP contribution in [0.4, 0.5) is 8.78 Å². The van der Waals surface area contributed by atoms with Crippen LogP contribution < -0.4 is 0 Å². The van der Waals surface area contributed by atoms with E-state index in [1.165, 1.54) is 6.07 Å². The van der Waals surface area contributed by atoms with E-state index >= 15 is 0 Å². The summed E-state index contributed by atoms with van der Waals surface area (Å²) < 4.78 is 27.4. The second-order valence-electron chi connectivity index (χ2n) is 4.31. The second-order valence-corrected chi connectivity index (χ2v) is 4.72. The van der Waals surface area contributed by atoms with Gasteiger partial charge in [0, 0.05) is 0 Å². The molecule has 1 aromatic rings. The van der Waals surface area contributed by atoms with Gasteiger partial charge >= 0.3 is 0 Å². The predicted octanol–water partition coefficient (Wildman–Crippen LogP) is 3.77. The third-order valence-electron chi connectivity index (χ3n) is 3.19. The van der Waals surface area contributed by atoms with Crippen molar-refractivity contribution in [2.75, 3.05) is 0 Å². The van der Waals surface area contributed by atoms with Gasteiger partial charge in [-0.2, -0.15) is 0 Å². The standard InChI is InChI=1S/C12H13ClF2O/c13-8-4-5-9(14)10(11(8)15)12(16)6-2-1-3-7-12/h4-5,16H,1-3,6-7H2. The molecule has 1 aromatic carbocycles. The third kappa shape index (κ3) is 1.94. The van der Waals surface area contributed by atoms with Gasteiger partial charge in [0.2, 0.25) is 0 Å². The number of hydrogen-bond acceptors (Lipinski definition) is 1. The van der Waals surface area contributed by atoms with Crippen molar-refractivity contribution in [2.45, 2.75) is 37.7 Å². The summed E-state index contributed by atoms with van der Waals surface area (Å²) >= 11 is 5.61. The lowest BCUT2D eigenvalue weighted by atomic mass is 9.79. The molecule has 1 N–H and O–H groups in total. The molecule has 88 valence electrons. The van der Waals surface area contributed by atoms with Crippen LogP contribution >= 0.6 is 11.6 Å². The first kappa shape index (κ1) is 11.8. The quantitative estimate of drug-likeness (QED) is 0.748. The van der Waals surface area contributed by atoms with E-state index in [-0.39, 0.29) is 10.6 Å². The molecule has 0 bridgehead atoms. The summed E-state index contributed by atoms with van der Waals surface area (Å²) in [6.45, 7) is 0. The van der Waals surface area contributed by atoms with Gasteiger partial charge in [-0.15, -0.1) is 0 Å². The zero-order chi connectivity index (χ0) is 11.8. The fourth-order valence-electron chi connectivity index (χ4n) is 2.34. The van der Waals surface area contributed by atoms with Crippen LogP contribution in [0.1, 0.15) is 37.7 Å². The summed E-state index contributed by atoms with van der Waals surface area (Å²) in [7, 11) is 0. The van der Waals surface area contributed by atoms with Gasteiger partial charge in [0.05, 0.1) is 16.2 Å². The van der Waals surface area contributed by atoms with Crippen molar-refractivity contribution >= 4 is 11.6 Å². The normalized spacial score (nSPS) is 19.8. The van der Waals surface area contributed by atoms with Crippen LogP contribution in [-0.4, -0.2) is 5.11 Å². The van der Waals surface area contributed by atoms with Gasteiger partial charge in [-0.3, -0.25) is 0 Å². The average Bonchev–Trinajstić information content (AvgIpc) is 2.25. The molecule has 0 heterocycles. The van der Waals surface area contributed by atoms with Crippen molar-refractivity contribution in [3.63, 3.8) is 0 Å². The van der Waals surface area contributed by atoms with E-state index in [0.29, 0.717) is 12.8 Å². The maximum Gasteiger partial charge on any atom is 0.150 e. The molecule has 0 radical (unpaired) electrons. The number of rotatable bonds is 1. The molecule has 1 saturated carbocycles. The summed E-state index contributed by atoms with van der Waals surface area (Å²) in [5.41, 5.74) is -1.66. The zero-order valence-corrected chi connectivity index (χ0v) is 9.53. The molecule has 4 heteroatoms. The maximum absolute atomic E-state index is 13.8. The Balaban J connectivity index is 2.49. The number of benzene rings is 1. The van der Waals surface area contributed by atoms with Crippen LogP contribution in [0, 0.1) is 11.6 Å². The van der Waals surface area contributed by atoms with Crippen LogP contribution in [0.3, 0.4) is 0 Å². The van der Waals surface area contributed by atoms with Crippen molar-refractivity contribution in [3.05, 3.63) is 34.4 Å². The second kappa shape index (κ2) is 4.30. The molecule has 0 spiro atoms. The van der Waals surface area contributed by atoms with Crippen molar-refractivity contribution in [3.8, 4) is 0 Å². The molecule has 1 fully saturated rings. The Morgan fingerprint density at radius 3 is 2.38 bits per heavy atom. The Morgan fingerprint density at radius 1 is 1.12 bits per heavy atom. The molecular formula is C12H13ClF2O. The fraction of sp³-hybridized carbons (Fsp3) is 0.500. The Morgan fingerprint density at radius 2 is 1.75 bits per heavy atom. The molecule has 16 heavy (non-hydrogen) atoms. The fourth-order valence-corrected chi connectivity index (χ4v) is 2.50. The van der Waals surface area contributed by atoms with Crippen LogP contribution in [0.2, 0.25) is 5.02 Å². The summed E-state index contributed by atoms with van der Waals surface area (Å²) in [6.07, 6.45) is 3.33. The number of hydrogen-bond donors (Lipinski definition) is 1. The minimum absolute atomic E-state index is 0.143. The third-order valence-corrected chi connectivity index (χ3v) is 3.48. The molecule has 0 atom stereocenters. The van der Waals surface area contributed by atoms with Crippen molar-refractivity contribution in [1.29, 1.82) is 0 Å². The molecule has 1 aliphatic rings. The highest BCUT2D eigenvalue weighted by molar-refractivity contribution is 6.30. The topological polar surface area (TPSA) is 20.2 Å². The lowest BCUT2D eigenvalue weighted by molar-refractivity contribution is -0.00700. The highest BCUT2D eigenvalue weighted by Gasteiger charge is 2.36. The van der Waals surface area contributed by atoms with Crippen LogP contribution in [0.25, 0.3) is 0 Å². The van der Waals surface area contributed by atoms with Crippen molar-refractivity contribution in [1.82, 2.24) is 0 Å². The lowest BCUT2D eigenvalue weighted by Gasteiger charge is -2.33. The predicted molar refractivity (Wildman–Crippen MR) is 58.3 cm³/mol. The van der Waals surface area contributed by atoms with Crippen molar-refractivity contribution < 1.29 is 13.9 Å². The summed E-state index contributed by atoms with van der Waals surface area (Å²) in [5.74, 6) is -1.54. The Bertz CT molecular complexity index is 400. The van der Waals surface area contributed by atoms with Gasteiger partial charge in [0.25, 0.3) is 0 Å². The molecule has 0 aliphatic heterocycles. The van der Waals surface area contributed by atoms with E-state index in [9.17, 15) is 13.9 Å². The smallest absolute Gasteiger partial charge is 0.150 e. The van der Waals surface area contributed by atoms with Gasteiger partial charge in [-0.1, -0.05) is 30.9 Å². The molecule has 2 rings (SSSR count). The van der Waals surface area contributed by atoms with Gasteiger partial charge < -0.3 is 5.11 Å². The highest BCUT2D eigenvalue weighted by Crippen LogP contribution is 2.40. The van der Waals surface area contributed by atoms with E-state index in [1.54, 1.807) is 0 Å². The molecular weight excluding hydrogens is 234 g/mol. The summed E-state index contributed by atoms with van der Waals surface area (Å²) in [4.78, 5) is 0. The maximum atomic E-state index is 13.8. The number of aliphatic hydroxyl groups is 1. The van der Waals surface area contributed by atoms with Gasteiger partial charge in [0.15, 0.2) is 5.82 Å². The van der Waals surface area contributed by atoms with Crippen LogP contribution in [-0.2, 0) is 5.60 Å². The van der Waals surface area contributed by atoms with E-state index in [4.69, 9.17) is 11.6 Å². The minimum Gasteiger partial charge on any atom is -0.385 e. The van der Waals surface area contributed by atoms with Crippen LogP contribution in [0.15, 0.2) is 12.1 Å². The van der Waals surface area contributed by atoms with Crippen molar-refractivity contribution in [2.24, 2.45) is 0 Å². The van der Waals surface area contributed by atoms with Crippen LogP contribution in [0.5, 0.6) is 0 Å². The largest absolute Gasteiger partial charge is 0.385 e. The number of halogens is 3. The zero-order valence-electron chi connectivity index (χ0n) is 8.77. The van der Waals surface area contributed by atoms with E-state index in [0.717, 1.165) is 25.3 Å². The highest BCUT2D eigenvalue weighted by atomic mass is 35.5. The minimum atomic E-state index is -1.39. The van der Waals surface area contributed by atoms with Gasteiger partial charge in [-0.05, 0) is 25.0 Å². The summed E-state index contributed by atoms with van der Waals surface area (Å²) in [6, 6.07) is 2.27. The lowest BCUT2D eigenvalue weighted by Crippen LogP contribution is -2.31. The molecule has 0 unspecified atom stereocenters. The monoisotopic (exact) mass is 246 g/mol. The van der Waals surface area contributed by atoms with E-state index in [2.05, 4.69) is 0 Å². The molecule has 0 amide bonds. The van der Waals surface area contributed by atoms with Gasteiger partial charge in [-0.25, -0.2) is 8.78 Å². The van der Waals surface area contributed by atoms with E-state index < -0.39 is 17.2 Å².